The van der Waals surface area contributed by atoms with Crippen LogP contribution in [-0.2, 0) is 0 Å². The van der Waals surface area contributed by atoms with Crippen LogP contribution in [0, 0.1) is 25.6 Å². The molecule has 4 rings (SSSR count). The highest BCUT2D eigenvalue weighted by molar-refractivity contribution is 5.95. The number of fused-ring (bicyclic) bond motifs is 1. The molecule has 0 spiro atoms. The van der Waals surface area contributed by atoms with Crippen LogP contribution in [0.1, 0.15) is 48.6 Å². The minimum absolute atomic E-state index is 0.0195. The van der Waals surface area contributed by atoms with E-state index in [0.717, 1.165) is 37.4 Å². The largest absolute Gasteiger partial charge is 0.466 e. The Morgan fingerprint density at radius 1 is 1.22 bits per heavy atom. The molecule has 4 nitrogen and oxygen atoms in total. The minimum Gasteiger partial charge on any atom is -0.466 e. The van der Waals surface area contributed by atoms with Crippen molar-refractivity contribution in [2.24, 2.45) is 5.92 Å². The lowest BCUT2D eigenvalue weighted by molar-refractivity contribution is 0.0665. The molecule has 0 bridgehead atoms. The fourth-order valence-corrected chi connectivity index (χ4v) is 5.09. The maximum Gasteiger partial charge on any atom is 0.257 e. The number of carbonyl (C=O) groups excluding carboxylic acids is 1. The van der Waals surface area contributed by atoms with Gasteiger partial charge >= 0.3 is 0 Å². The molecule has 0 saturated carbocycles. The van der Waals surface area contributed by atoms with Crippen molar-refractivity contribution >= 4 is 11.6 Å². The predicted molar refractivity (Wildman–Crippen MR) is 104 cm³/mol. The van der Waals surface area contributed by atoms with Gasteiger partial charge in [-0.1, -0.05) is 0 Å². The van der Waals surface area contributed by atoms with Crippen molar-refractivity contribution < 1.29 is 13.6 Å². The Kier molecular flexibility index (Phi) is 4.28. The Labute approximate surface area is 159 Å². The van der Waals surface area contributed by atoms with E-state index in [0.29, 0.717) is 23.3 Å². The summed E-state index contributed by atoms with van der Waals surface area (Å²) in [6.07, 6.45) is 1.94. The number of halogens is 1. The smallest absolute Gasteiger partial charge is 0.257 e. The van der Waals surface area contributed by atoms with Crippen LogP contribution in [0.25, 0.3) is 0 Å². The third-order valence-electron chi connectivity index (χ3n) is 6.10. The number of furan rings is 1. The summed E-state index contributed by atoms with van der Waals surface area (Å²) in [5.74, 6) is 1.74. The fraction of sp³-hybridized carbons (Fsp3) is 0.500. The number of hydrogen-bond donors (Lipinski definition) is 0. The molecule has 2 atom stereocenters. The average molecular weight is 370 g/mol. The Morgan fingerprint density at radius 2 is 1.93 bits per heavy atom. The van der Waals surface area contributed by atoms with E-state index in [-0.39, 0.29) is 17.3 Å². The zero-order valence-corrected chi connectivity index (χ0v) is 16.5. The maximum absolute atomic E-state index is 13.4. The van der Waals surface area contributed by atoms with Crippen molar-refractivity contribution in [1.82, 2.24) is 4.90 Å². The Balaban J connectivity index is 1.55. The number of nitrogens with zero attached hydrogens (tertiary/aromatic N) is 2. The van der Waals surface area contributed by atoms with E-state index < -0.39 is 0 Å². The topological polar surface area (TPSA) is 36.7 Å². The molecule has 2 aromatic rings. The van der Waals surface area contributed by atoms with Gasteiger partial charge in [0.15, 0.2) is 0 Å². The SMILES string of the molecule is Cc1cc(C(=O)N2CC[C@H]3[C@@H](C2)CC(C)(C)N3c2ccc(F)cc2)c(C)o1. The molecule has 2 aliphatic rings. The van der Waals surface area contributed by atoms with Crippen molar-refractivity contribution in [3.8, 4) is 0 Å². The van der Waals surface area contributed by atoms with Crippen LogP contribution in [0.3, 0.4) is 0 Å². The molecule has 2 saturated heterocycles. The number of likely N-dealkylation sites (tertiary alicyclic amines) is 1. The van der Waals surface area contributed by atoms with Gasteiger partial charge < -0.3 is 14.2 Å². The van der Waals surface area contributed by atoms with E-state index in [9.17, 15) is 9.18 Å². The lowest BCUT2D eigenvalue weighted by Crippen LogP contribution is -2.50. The molecular formula is C22H27FN2O2. The molecular weight excluding hydrogens is 343 g/mol. The van der Waals surface area contributed by atoms with Gasteiger partial charge in [-0.15, -0.1) is 0 Å². The van der Waals surface area contributed by atoms with E-state index in [4.69, 9.17) is 4.42 Å². The van der Waals surface area contributed by atoms with Gasteiger partial charge in [-0.25, -0.2) is 4.39 Å². The van der Waals surface area contributed by atoms with Gasteiger partial charge in [0.2, 0.25) is 0 Å². The van der Waals surface area contributed by atoms with Crippen molar-refractivity contribution in [3.05, 3.63) is 53.2 Å². The zero-order chi connectivity index (χ0) is 19.3. The van der Waals surface area contributed by atoms with E-state index in [1.165, 1.54) is 12.1 Å². The highest BCUT2D eigenvalue weighted by Gasteiger charge is 2.48. The van der Waals surface area contributed by atoms with Gasteiger partial charge in [0, 0.05) is 30.4 Å². The molecule has 1 amide bonds. The van der Waals surface area contributed by atoms with Gasteiger partial charge in [-0.2, -0.15) is 0 Å². The highest BCUT2D eigenvalue weighted by atomic mass is 19.1. The molecule has 0 N–H and O–H groups in total. The molecule has 0 radical (unpaired) electrons. The third kappa shape index (κ3) is 3.13. The number of rotatable bonds is 2. The van der Waals surface area contributed by atoms with E-state index >= 15 is 0 Å². The number of aryl methyl sites for hydroxylation is 2. The highest BCUT2D eigenvalue weighted by Crippen LogP contribution is 2.44. The second-order valence-electron chi connectivity index (χ2n) is 8.56. The Morgan fingerprint density at radius 3 is 2.56 bits per heavy atom. The summed E-state index contributed by atoms with van der Waals surface area (Å²) in [6, 6.07) is 9.01. The van der Waals surface area contributed by atoms with Crippen LogP contribution < -0.4 is 4.90 Å². The summed E-state index contributed by atoms with van der Waals surface area (Å²) in [6.45, 7) is 9.69. The molecule has 0 unspecified atom stereocenters. The molecule has 144 valence electrons. The lowest BCUT2D eigenvalue weighted by Gasteiger charge is -2.41. The number of benzene rings is 1. The average Bonchev–Trinajstić information content (AvgIpc) is 3.08. The Bertz CT molecular complexity index is 856. The number of anilines is 1. The lowest BCUT2D eigenvalue weighted by atomic mass is 9.89. The number of carbonyl (C=O) groups is 1. The van der Waals surface area contributed by atoms with Crippen molar-refractivity contribution in [3.63, 3.8) is 0 Å². The van der Waals surface area contributed by atoms with Crippen LogP contribution in [-0.4, -0.2) is 35.5 Å². The van der Waals surface area contributed by atoms with Crippen LogP contribution >= 0.6 is 0 Å². The zero-order valence-electron chi connectivity index (χ0n) is 16.5. The van der Waals surface area contributed by atoms with Gasteiger partial charge in [0.1, 0.15) is 17.3 Å². The van der Waals surface area contributed by atoms with Gasteiger partial charge in [0.05, 0.1) is 5.56 Å². The number of piperidine rings is 1. The summed E-state index contributed by atoms with van der Waals surface area (Å²) in [5.41, 5.74) is 1.72. The molecule has 2 aliphatic heterocycles. The summed E-state index contributed by atoms with van der Waals surface area (Å²) in [4.78, 5) is 17.4. The van der Waals surface area contributed by atoms with E-state index in [1.807, 2.05) is 36.9 Å². The third-order valence-corrected chi connectivity index (χ3v) is 6.10. The molecule has 5 heteroatoms. The van der Waals surface area contributed by atoms with Gasteiger partial charge in [-0.05, 0) is 76.8 Å². The molecule has 3 heterocycles. The molecule has 2 fully saturated rings. The maximum atomic E-state index is 13.4. The van der Waals surface area contributed by atoms with Crippen molar-refractivity contribution in [1.29, 1.82) is 0 Å². The van der Waals surface area contributed by atoms with Crippen molar-refractivity contribution in [2.45, 2.75) is 52.1 Å². The minimum atomic E-state index is -0.210. The quantitative estimate of drug-likeness (QED) is 0.778. The first-order valence-corrected chi connectivity index (χ1v) is 9.67. The normalized spacial score (nSPS) is 24.2. The summed E-state index contributed by atoms with van der Waals surface area (Å²) in [7, 11) is 0. The van der Waals surface area contributed by atoms with Crippen LogP contribution in [0.15, 0.2) is 34.7 Å². The van der Waals surface area contributed by atoms with Crippen LogP contribution in [0.2, 0.25) is 0 Å². The Hall–Kier alpha value is -2.30. The van der Waals surface area contributed by atoms with Crippen molar-refractivity contribution in [2.75, 3.05) is 18.0 Å². The van der Waals surface area contributed by atoms with Gasteiger partial charge in [0.25, 0.3) is 5.91 Å². The first-order valence-electron chi connectivity index (χ1n) is 9.67. The van der Waals surface area contributed by atoms with E-state index in [2.05, 4.69) is 18.7 Å². The first kappa shape index (κ1) is 18.1. The molecule has 0 aliphatic carbocycles. The molecule has 1 aromatic carbocycles. The fourth-order valence-electron chi connectivity index (χ4n) is 5.09. The molecule has 1 aromatic heterocycles. The van der Waals surface area contributed by atoms with Crippen LogP contribution in [0.4, 0.5) is 10.1 Å². The van der Waals surface area contributed by atoms with E-state index in [1.54, 1.807) is 0 Å². The summed E-state index contributed by atoms with van der Waals surface area (Å²) < 4.78 is 18.9. The molecule has 27 heavy (non-hydrogen) atoms. The van der Waals surface area contributed by atoms with Crippen LogP contribution in [0.5, 0.6) is 0 Å². The monoisotopic (exact) mass is 370 g/mol. The second kappa shape index (κ2) is 6.39. The number of amides is 1. The summed E-state index contributed by atoms with van der Waals surface area (Å²) in [5, 5.41) is 0. The standard InChI is InChI=1S/C22H27FN2O2/c1-14-11-19(15(2)27-14)21(26)24-10-9-20-16(13-24)12-22(3,4)25(20)18-7-5-17(23)6-8-18/h5-8,11,16,20H,9-10,12-13H2,1-4H3/t16-,20+/m1/s1. The van der Waals surface area contributed by atoms with Gasteiger partial charge in [-0.3, -0.25) is 4.79 Å². The predicted octanol–water partition coefficient (Wildman–Crippen LogP) is 4.56. The summed E-state index contributed by atoms with van der Waals surface area (Å²) >= 11 is 0. The number of hydrogen-bond acceptors (Lipinski definition) is 3. The first-order chi connectivity index (χ1) is 12.8. The second-order valence-corrected chi connectivity index (χ2v) is 8.56.